The van der Waals surface area contributed by atoms with Crippen molar-refractivity contribution in [3.8, 4) is 5.75 Å². The Morgan fingerprint density at radius 2 is 1.94 bits per heavy atom. The Labute approximate surface area is 121 Å². The van der Waals surface area contributed by atoms with Crippen LogP contribution in [0, 0.1) is 10.1 Å². The first-order valence-corrected chi connectivity index (χ1v) is 6.76. The van der Waals surface area contributed by atoms with Crippen LogP contribution in [0.1, 0.15) is 19.8 Å². The molecule has 0 aromatic heterocycles. The van der Waals surface area contributed by atoms with E-state index in [1.807, 2.05) is 0 Å². The number of hydrogen-bond acceptors (Lipinski definition) is 4. The number of ether oxygens (including phenoxy) is 1. The molecule has 1 rings (SSSR count). The fourth-order valence-electron chi connectivity index (χ4n) is 1.29. The van der Waals surface area contributed by atoms with Crippen LogP contribution >= 0.6 is 31.9 Å². The largest absolute Gasteiger partial charge is 0.491 e. The van der Waals surface area contributed by atoms with Gasteiger partial charge >= 0.3 is 0 Å². The van der Waals surface area contributed by atoms with Gasteiger partial charge in [0.25, 0.3) is 5.69 Å². The van der Waals surface area contributed by atoms with E-state index in [9.17, 15) is 14.9 Å². The second kappa shape index (κ2) is 6.84. The van der Waals surface area contributed by atoms with Crippen molar-refractivity contribution in [2.75, 3.05) is 6.61 Å². The van der Waals surface area contributed by atoms with Gasteiger partial charge in [0.15, 0.2) is 0 Å². The molecule has 0 atom stereocenters. The van der Waals surface area contributed by atoms with E-state index in [1.165, 1.54) is 19.1 Å². The molecule has 18 heavy (non-hydrogen) atoms. The molecule has 0 aliphatic carbocycles. The van der Waals surface area contributed by atoms with Gasteiger partial charge in [-0.05, 0) is 45.2 Å². The number of non-ortho nitro benzene ring substituents is 1. The lowest BCUT2D eigenvalue weighted by Crippen LogP contribution is -2.02. The molecule has 0 fully saturated rings. The van der Waals surface area contributed by atoms with Crippen LogP contribution in [0.25, 0.3) is 0 Å². The van der Waals surface area contributed by atoms with Gasteiger partial charge in [-0.15, -0.1) is 0 Å². The first-order chi connectivity index (χ1) is 8.41. The van der Waals surface area contributed by atoms with Crippen molar-refractivity contribution in [1.29, 1.82) is 0 Å². The molecule has 0 saturated heterocycles. The lowest BCUT2D eigenvalue weighted by atomic mass is 10.2. The Balaban J connectivity index is 2.72. The number of carbonyl (C=O) groups is 1. The monoisotopic (exact) mass is 379 g/mol. The average Bonchev–Trinajstić information content (AvgIpc) is 2.26. The number of nitrogens with zero attached hydrogens (tertiary/aromatic N) is 1. The maximum Gasteiger partial charge on any atom is 0.271 e. The first-order valence-electron chi connectivity index (χ1n) is 5.17. The van der Waals surface area contributed by atoms with Gasteiger partial charge in [0.05, 0.1) is 20.5 Å². The van der Waals surface area contributed by atoms with E-state index < -0.39 is 4.92 Å². The van der Waals surface area contributed by atoms with Crippen LogP contribution in [-0.4, -0.2) is 17.3 Å². The predicted molar refractivity (Wildman–Crippen MR) is 73.9 cm³/mol. The Morgan fingerprint density at radius 1 is 1.39 bits per heavy atom. The molecule has 0 radical (unpaired) electrons. The van der Waals surface area contributed by atoms with Crippen LogP contribution in [0.4, 0.5) is 5.69 Å². The number of hydrogen-bond donors (Lipinski definition) is 0. The van der Waals surface area contributed by atoms with E-state index >= 15 is 0 Å². The number of Topliss-reactive ketones (excluding diaryl/α,β-unsaturated/α-hetero) is 1. The normalized spacial score (nSPS) is 10.2. The fraction of sp³-hybridized carbons (Fsp3) is 0.364. The standard InChI is InChI=1S/C11H11Br2NO4/c1-7(15)3-2-4-18-11-9(12)5-8(14(16)17)6-10(11)13/h5-6H,2-4H2,1H3. The van der Waals surface area contributed by atoms with Gasteiger partial charge < -0.3 is 9.53 Å². The summed E-state index contributed by atoms with van der Waals surface area (Å²) < 4.78 is 6.50. The molecule has 0 unspecified atom stereocenters. The summed E-state index contributed by atoms with van der Waals surface area (Å²) in [5.41, 5.74) is -0.0233. The van der Waals surface area contributed by atoms with Crippen LogP contribution in [0.3, 0.4) is 0 Å². The zero-order valence-electron chi connectivity index (χ0n) is 9.61. The number of nitro benzene ring substituents is 1. The summed E-state index contributed by atoms with van der Waals surface area (Å²) in [5.74, 6) is 0.615. The molecule has 0 aliphatic rings. The minimum absolute atomic E-state index is 0.0233. The van der Waals surface area contributed by atoms with Gasteiger partial charge in [0.2, 0.25) is 0 Å². The van der Waals surface area contributed by atoms with E-state index in [0.29, 0.717) is 34.1 Å². The van der Waals surface area contributed by atoms with Gasteiger partial charge in [0, 0.05) is 18.6 Å². The molecule has 0 N–H and O–H groups in total. The van der Waals surface area contributed by atoms with E-state index in [1.54, 1.807) is 0 Å². The van der Waals surface area contributed by atoms with Gasteiger partial charge in [-0.3, -0.25) is 10.1 Å². The Kier molecular flexibility index (Phi) is 5.74. The third-order valence-electron chi connectivity index (χ3n) is 2.11. The van der Waals surface area contributed by atoms with Crippen molar-refractivity contribution in [3.05, 3.63) is 31.2 Å². The Morgan fingerprint density at radius 3 is 2.39 bits per heavy atom. The molecule has 0 saturated carbocycles. The van der Waals surface area contributed by atoms with Crippen LogP contribution in [0.2, 0.25) is 0 Å². The summed E-state index contributed by atoms with van der Waals surface area (Å²) in [7, 11) is 0. The third-order valence-corrected chi connectivity index (χ3v) is 3.29. The average molecular weight is 381 g/mol. The van der Waals surface area contributed by atoms with Crippen LogP contribution < -0.4 is 4.74 Å². The van der Waals surface area contributed by atoms with Gasteiger partial charge in [-0.2, -0.15) is 0 Å². The molecular formula is C11H11Br2NO4. The van der Waals surface area contributed by atoms with Gasteiger partial charge in [-0.1, -0.05) is 0 Å². The molecule has 5 nitrogen and oxygen atoms in total. The minimum Gasteiger partial charge on any atom is -0.491 e. The molecule has 0 bridgehead atoms. The molecule has 1 aromatic carbocycles. The maximum absolute atomic E-state index is 10.8. The summed E-state index contributed by atoms with van der Waals surface area (Å²) in [6.45, 7) is 1.91. The highest BCUT2D eigenvalue weighted by molar-refractivity contribution is 9.11. The molecule has 0 heterocycles. The zero-order valence-corrected chi connectivity index (χ0v) is 12.8. The van der Waals surface area contributed by atoms with Crippen molar-refractivity contribution in [1.82, 2.24) is 0 Å². The first kappa shape index (κ1) is 15.1. The fourth-order valence-corrected chi connectivity index (χ4v) is 2.68. The van der Waals surface area contributed by atoms with Crippen molar-refractivity contribution < 1.29 is 14.5 Å². The highest BCUT2D eigenvalue weighted by atomic mass is 79.9. The van der Waals surface area contributed by atoms with Crippen molar-refractivity contribution in [2.24, 2.45) is 0 Å². The summed E-state index contributed by atoms with van der Waals surface area (Å²) >= 11 is 6.44. The highest BCUT2D eigenvalue weighted by Crippen LogP contribution is 2.37. The Hall–Kier alpha value is -0.950. The highest BCUT2D eigenvalue weighted by Gasteiger charge is 2.14. The minimum atomic E-state index is -0.477. The smallest absolute Gasteiger partial charge is 0.271 e. The summed E-state index contributed by atoms with van der Waals surface area (Å²) in [5, 5.41) is 10.6. The van der Waals surface area contributed by atoms with E-state index in [4.69, 9.17) is 4.74 Å². The molecule has 7 heteroatoms. The van der Waals surface area contributed by atoms with Crippen LogP contribution in [-0.2, 0) is 4.79 Å². The van der Waals surface area contributed by atoms with E-state index in [0.717, 1.165) is 0 Å². The number of benzene rings is 1. The quantitative estimate of drug-likeness (QED) is 0.426. The topological polar surface area (TPSA) is 69.4 Å². The number of rotatable bonds is 6. The molecule has 0 spiro atoms. The lowest BCUT2D eigenvalue weighted by Gasteiger charge is -2.09. The molecule has 1 aromatic rings. The number of halogens is 2. The summed E-state index contributed by atoms with van der Waals surface area (Å²) in [6, 6.07) is 2.76. The predicted octanol–water partition coefficient (Wildman–Crippen LogP) is 3.87. The number of nitro groups is 1. The molecular weight excluding hydrogens is 370 g/mol. The zero-order chi connectivity index (χ0) is 13.7. The maximum atomic E-state index is 10.8. The summed E-state index contributed by atoms with van der Waals surface area (Å²) in [4.78, 5) is 20.9. The lowest BCUT2D eigenvalue weighted by molar-refractivity contribution is -0.385. The second-order valence-corrected chi connectivity index (χ2v) is 5.36. The summed E-state index contributed by atoms with van der Waals surface area (Å²) in [6.07, 6.45) is 1.08. The van der Waals surface area contributed by atoms with Crippen molar-refractivity contribution in [3.63, 3.8) is 0 Å². The van der Waals surface area contributed by atoms with Crippen LogP contribution in [0.5, 0.6) is 5.75 Å². The molecule has 0 amide bonds. The number of carbonyl (C=O) groups excluding carboxylic acids is 1. The van der Waals surface area contributed by atoms with Crippen molar-refractivity contribution in [2.45, 2.75) is 19.8 Å². The second-order valence-electron chi connectivity index (χ2n) is 3.65. The molecule has 98 valence electrons. The third kappa shape index (κ3) is 4.38. The molecule has 0 aliphatic heterocycles. The number of ketones is 1. The van der Waals surface area contributed by atoms with Crippen molar-refractivity contribution >= 4 is 43.3 Å². The van der Waals surface area contributed by atoms with E-state index in [2.05, 4.69) is 31.9 Å². The van der Waals surface area contributed by atoms with Gasteiger partial charge in [-0.25, -0.2) is 0 Å². The Bertz CT molecular complexity index is 453. The van der Waals surface area contributed by atoms with Gasteiger partial charge in [0.1, 0.15) is 11.5 Å². The van der Waals surface area contributed by atoms with E-state index in [-0.39, 0.29) is 11.5 Å². The van der Waals surface area contributed by atoms with Crippen LogP contribution in [0.15, 0.2) is 21.1 Å². The SMILES string of the molecule is CC(=O)CCCOc1c(Br)cc([N+](=O)[O-])cc1Br.